The highest BCUT2D eigenvalue weighted by Gasteiger charge is 2.24. The van der Waals surface area contributed by atoms with Crippen LogP contribution in [0.2, 0.25) is 0 Å². The van der Waals surface area contributed by atoms with Crippen molar-refractivity contribution in [3.63, 3.8) is 0 Å². The predicted octanol–water partition coefficient (Wildman–Crippen LogP) is 5.31. The summed E-state index contributed by atoms with van der Waals surface area (Å²) in [4.78, 5) is 0. The van der Waals surface area contributed by atoms with Gasteiger partial charge in [-0.3, -0.25) is 0 Å². The molecule has 1 aromatic rings. The molecule has 108 valence electrons. The lowest BCUT2D eigenvalue weighted by Gasteiger charge is -2.31. The largest absolute Gasteiger partial charge is 0.310 e. The standard InChI is InChI=1S/C16H25BrFN/c1-6-19-15(9-11(2)16(3,4)5)12-7-8-14(18)13(17)10-12/h7-8,10-11,15,19H,6,9H2,1-5H3. The Kier molecular flexibility index (Phi) is 6.00. The Balaban J connectivity index is 2.90. The molecule has 0 radical (unpaired) electrons. The fourth-order valence-electron chi connectivity index (χ4n) is 2.02. The van der Waals surface area contributed by atoms with Crippen LogP contribution in [-0.2, 0) is 0 Å². The van der Waals surface area contributed by atoms with Crippen molar-refractivity contribution in [2.24, 2.45) is 11.3 Å². The molecule has 3 heteroatoms. The zero-order valence-corrected chi connectivity index (χ0v) is 14.1. The third-order valence-corrected chi connectivity index (χ3v) is 4.47. The van der Waals surface area contributed by atoms with E-state index in [2.05, 4.69) is 55.9 Å². The Bertz CT molecular complexity index is 412. The second-order valence-electron chi connectivity index (χ2n) is 6.29. The molecule has 1 aromatic carbocycles. The minimum atomic E-state index is -0.206. The van der Waals surface area contributed by atoms with Gasteiger partial charge in [0.2, 0.25) is 0 Å². The van der Waals surface area contributed by atoms with E-state index in [9.17, 15) is 4.39 Å². The van der Waals surface area contributed by atoms with Crippen molar-refractivity contribution < 1.29 is 4.39 Å². The summed E-state index contributed by atoms with van der Waals surface area (Å²) in [6, 6.07) is 5.57. The Labute approximate surface area is 125 Å². The molecule has 0 amide bonds. The fraction of sp³-hybridized carbons (Fsp3) is 0.625. The lowest BCUT2D eigenvalue weighted by Crippen LogP contribution is -2.27. The highest BCUT2D eigenvalue weighted by molar-refractivity contribution is 9.10. The van der Waals surface area contributed by atoms with Gasteiger partial charge in [0.05, 0.1) is 4.47 Å². The van der Waals surface area contributed by atoms with Crippen LogP contribution in [0.4, 0.5) is 4.39 Å². The minimum Gasteiger partial charge on any atom is -0.310 e. The number of hydrogen-bond acceptors (Lipinski definition) is 1. The van der Waals surface area contributed by atoms with Crippen molar-refractivity contribution in [3.8, 4) is 0 Å². The molecule has 0 bridgehead atoms. The first kappa shape index (κ1) is 16.6. The maximum atomic E-state index is 13.3. The van der Waals surface area contributed by atoms with Gasteiger partial charge in [-0.2, -0.15) is 0 Å². The van der Waals surface area contributed by atoms with Crippen LogP contribution in [0.5, 0.6) is 0 Å². The molecule has 0 aliphatic heterocycles. The van der Waals surface area contributed by atoms with Gasteiger partial charge in [-0.15, -0.1) is 0 Å². The van der Waals surface area contributed by atoms with Crippen LogP contribution in [0.25, 0.3) is 0 Å². The third-order valence-electron chi connectivity index (χ3n) is 3.86. The lowest BCUT2D eigenvalue weighted by molar-refractivity contribution is 0.224. The number of halogens is 2. The highest BCUT2D eigenvalue weighted by atomic mass is 79.9. The summed E-state index contributed by atoms with van der Waals surface area (Å²) in [6.07, 6.45) is 1.05. The average Bonchev–Trinajstić information content (AvgIpc) is 2.31. The van der Waals surface area contributed by atoms with E-state index in [1.807, 2.05) is 12.1 Å². The van der Waals surface area contributed by atoms with Crippen LogP contribution in [-0.4, -0.2) is 6.54 Å². The van der Waals surface area contributed by atoms with Gasteiger partial charge in [-0.05, 0) is 57.9 Å². The Morgan fingerprint density at radius 2 is 1.95 bits per heavy atom. The normalized spacial score (nSPS) is 15.3. The van der Waals surface area contributed by atoms with Crippen LogP contribution >= 0.6 is 15.9 Å². The van der Waals surface area contributed by atoms with Gasteiger partial charge < -0.3 is 5.32 Å². The fourth-order valence-corrected chi connectivity index (χ4v) is 2.42. The van der Waals surface area contributed by atoms with E-state index in [4.69, 9.17) is 0 Å². The molecule has 1 N–H and O–H groups in total. The first-order valence-electron chi connectivity index (χ1n) is 6.94. The van der Waals surface area contributed by atoms with Gasteiger partial charge in [-0.1, -0.05) is 40.7 Å². The Hall–Kier alpha value is -0.410. The van der Waals surface area contributed by atoms with E-state index < -0.39 is 0 Å². The molecule has 0 aliphatic rings. The molecule has 1 nitrogen and oxygen atoms in total. The molecule has 19 heavy (non-hydrogen) atoms. The van der Waals surface area contributed by atoms with Crippen molar-refractivity contribution >= 4 is 15.9 Å². The number of nitrogens with one attached hydrogen (secondary N) is 1. The SMILES string of the molecule is CCNC(CC(C)C(C)(C)C)c1ccc(F)c(Br)c1. The molecule has 0 aliphatic carbocycles. The zero-order valence-electron chi connectivity index (χ0n) is 12.6. The topological polar surface area (TPSA) is 12.0 Å². The van der Waals surface area contributed by atoms with E-state index in [-0.39, 0.29) is 17.3 Å². The average molecular weight is 330 g/mol. The molecule has 0 fully saturated rings. The van der Waals surface area contributed by atoms with E-state index >= 15 is 0 Å². The molecule has 0 aromatic heterocycles. The van der Waals surface area contributed by atoms with Gasteiger partial charge in [0.15, 0.2) is 0 Å². The molecule has 1 rings (SSSR count). The summed E-state index contributed by atoms with van der Waals surface area (Å²) < 4.78 is 13.9. The molecule has 0 saturated heterocycles. The lowest BCUT2D eigenvalue weighted by atomic mass is 9.77. The molecule has 0 spiro atoms. The van der Waals surface area contributed by atoms with Gasteiger partial charge in [0.25, 0.3) is 0 Å². The summed E-state index contributed by atoms with van der Waals surface area (Å²) >= 11 is 3.27. The quantitative estimate of drug-likeness (QED) is 0.771. The summed E-state index contributed by atoms with van der Waals surface area (Å²) in [5, 5.41) is 3.51. The summed E-state index contributed by atoms with van der Waals surface area (Å²) in [6.45, 7) is 12.1. The summed E-state index contributed by atoms with van der Waals surface area (Å²) in [7, 11) is 0. The van der Waals surface area contributed by atoms with Crippen molar-refractivity contribution in [1.29, 1.82) is 0 Å². The summed E-state index contributed by atoms with van der Waals surface area (Å²) in [5.74, 6) is 0.378. The van der Waals surface area contributed by atoms with E-state index in [0.717, 1.165) is 18.5 Å². The second kappa shape index (κ2) is 6.85. The maximum absolute atomic E-state index is 13.3. The number of rotatable bonds is 5. The van der Waals surface area contributed by atoms with Crippen LogP contribution in [0.1, 0.15) is 52.6 Å². The molecule has 2 unspecified atom stereocenters. The van der Waals surface area contributed by atoms with Gasteiger partial charge in [-0.25, -0.2) is 4.39 Å². The van der Waals surface area contributed by atoms with Crippen LogP contribution in [0.15, 0.2) is 22.7 Å². The van der Waals surface area contributed by atoms with Crippen molar-refractivity contribution in [3.05, 3.63) is 34.1 Å². The molecular weight excluding hydrogens is 305 g/mol. The molecule has 0 heterocycles. The van der Waals surface area contributed by atoms with Gasteiger partial charge in [0, 0.05) is 6.04 Å². The molecule has 2 atom stereocenters. The Morgan fingerprint density at radius 1 is 1.32 bits per heavy atom. The first-order valence-corrected chi connectivity index (χ1v) is 7.73. The monoisotopic (exact) mass is 329 g/mol. The molecule has 0 saturated carbocycles. The highest BCUT2D eigenvalue weighted by Crippen LogP contribution is 2.34. The number of hydrogen-bond donors (Lipinski definition) is 1. The van der Waals surface area contributed by atoms with Crippen molar-refractivity contribution in [2.75, 3.05) is 6.54 Å². The smallest absolute Gasteiger partial charge is 0.137 e. The third kappa shape index (κ3) is 4.88. The first-order chi connectivity index (χ1) is 8.75. The van der Waals surface area contributed by atoms with Gasteiger partial charge >= 0.3 is 0 Å². The van der Waals surface area contributed by atoms with Crippen molar-refractivity contribution in [2.45, 2.75) is 47.1 Å². The van der Waals surface area contributed by atoms with Crippen LogP contribution in [0, 0.1) is 17.2 Å². The number of benzene rings is 1. The molecular formula is C16H25BrFN. The maximum Gasteiger partial charge on any atom is 0.137 e. The van der Waals surface area contributed by atoms with Gasteiger partial charge in [0.1, 0.15) is 5.82 Å². The second-order valence-corrected chi connectivity index (χ2v) is 7.14. The minimum absolute atomic E-state index is 0.206. The van der Waals surface area contributed by atoms with E-state index in [1.165, 1.54) is 6.07 Å². The van der Waals surface area contributed by atoms with E-state index in [0.29, 0.717) is 10.4 Å². The zero-order chi connectivity index (χ0) is 14.6. The van der Waals surface area contributed by atoms with E-state index in [1.54, 1.807) is 0 Å². The van der Waals surface area contributed by atoms with Crippen LogP contribution in [0.3, 0.4) is 0 Å². The summed E-state index contributed by atoms with van der Waals surface area (Å²) in [5.41, 5.74) is 1.43. The Morgan fingerprint density at radius 3 is 2.42 bits per heavy atom. The van der Waals surface area contributed by atoms with Crippen molar-refractivity contribution in [1.82, 2.24) is 5.32 Å². The predicted molar refractivity (Wildman–Crippen MR) is 83.8 cm³/mol. The van der Waals surface area contributed by atoms with Crippen LogP contribution < -0.4 is 5.32 Å².